The van der Waals surface area contributed by atoms with Gasteiger partial charge in [-0.15, -0.1) is 0 Å². The normalized spacial score (nSPS) is 23.6. The fraction of sp³-hybridized carbons (Fsp3) is 0.500. The monoisotopic (exact) mass is 236 g/mol. The van der Waals surface area contributed by atoms with E-state index >= 15 is 0 Å². The van der Waals surface area contributed by atoms with Gasteiger partial charge in [0.2, 0.25) is 0 Å². The number of carboxylic acids is 1. The van der Waals surface area contributed by atoms with E-state index in [4.69, 9.17) is 9.84 Å². The highest BCUT2D eigenvalue weighted by molar-refractivity contribution is 5.86. The summed E-state index contributed by atoms with van der Waals surface area (Å²) in [6.45, 7) is 3.67. The van der Waals surface area contributed by atoms with Crippen LogP contribution in [0.3, 0.4) is 0 Å². The molecule has 1 saturated heterocycles. The van der Waals surface area contributed by atoms with Crippen molar-refractivity contribution in [2.45, 2.75) is 19.4 Å². The molecule has 2 unspecified atom stereocenters. The maximum Gasteiger partial charge on any atom is 0.354 e. The Hall–Kier alpha value is -1.62. The summed E-state index contributed by atoms with van der Waals surface area (Å²) in [6.07, 6.45) is 2.81. The molecule has 17 heavy (non-hydrogen) atoms. The molecular formula is C12H16N2O3. The van der Waals surface area contributed by atoms with Crippen LogP contribution in [0.2, 0.25) is 0 Å². The minimum Gasteiger partial charge on any atom is -0.477 e. The molecule has 5 nitrogen and oxygen atoms in total. The lowest BCUT2D eigenvalue weighted by Crippen LogP contribution is -2.20. The SMILES string of the molecule is CC1OCCC1CNc1ccnc(C(=O)O)c1. The van der Waals surface area contributed by atoms with Crippen LogP contribution < -0.4 is 5.32 Å². The Kier molecular flexibility index (Phi) is 3.58. The molecule has 2 rings (SSSR count). The van der Waals surface area contributed by atoms with E-state index in [-0.39, 0.29) is 11.8 Å². The summed E-state index contributed by atoms with van der Waals surface area (Å²) in [5.41, 5.74) is 0.849. The van der Waals surface area contributed by atoms with Gasteiger partial charge in [-0.25, -0.2) is 9.78 Å². The molecule has 0 saturated carbocycles. The predicted molar refractivity (Wildman–Crippen MR) is 63.2 cm³/mol. The van der Waals surface area contributed by atoms with Gasteiger partial charge >= 0.3 is 5.97 Å². The lowest BCUT2D eigenvalue weighted by atomic mass is 10.0. The summed E-state index contributed by atoms with van der Waals surface area (Å²) in [6, 6.07) is 3.32. The van der Waals surface area contributed by atoms with E-state index in [1.54, 1.807) is 12.1 Å². The number of carboxylic acid groups (broad SMARTS) is 1. The predicted octanol–water partition coefficient (Wildman–Crippen LogP) is 1.62. The van der Waals surface area contributed by atoms with Gasteiger partial charge in [-0.1, -0.05) is 0 Å². The van der Waals surface area contributed by atoms with Crippen LogP contribution in [-0.2, 0) is 4.74 Å². The summed E-state index contributed by atoms with van der Waals surface area (Å²) >= 11 is 0. The molecule has 1 fully saturated rings. The zero-order valence-corrected chi connectivity index (χ0v) is 9.72. The standard InChI is InChI=1S/C12H16N2O3/c1-8-9(3-5-17-8)7-14-10-2-4-13-11(6-10)12(15)16/h2,4,6,8-9H,3,5,7H2,1H3,(H,13,14)(H,15,16). The van der Waals surface area contributed by atoms with Crippen molar-refractivity contribution in [3.8, 4) is 0 Å². The number of rotatable bonds is 4. The van der Waals surface area contributed by atoms with Gasteiger partial charge in [-0.3, -0.25) is 0 Å². The van der Waals surface area contributed by atoms with Crippen LogP contribution in [0.15, 0.2) is 18.3 Å². The Morgan fingerprint density at radius 1 is 1.71 bits per heavy atom. The van der Waals surface area contributed by atoms with Crippen LogP contribution in [0.1, 0.15) is 23.8 Å². The molecule has 1 aliphatic heterocycles. The summed E-state index contributed by atoms with van der Waals surface area (Å²) < 4.78 is 5.47. The first-order valence-corrected chi connectivity index (χ1v) is 5.71. The molecular weight excluding hydrogens is 220 g/mol. The Morgan fingerprint density at radius 3 is 3.18 bits per heavy atom. The Labute approximate surface area is 99.8 Å². The van der Waals surface area contributed by atoms with Crippen molar-refractivity contribution >= 4 is 11.7 Å². The average Bonchev–Trinajstić information content (AvgIpc) is 2.72. The number of aromatic carboxylic acids is 1. The van der Waals surface area contributed by atoms with E-state index in [1.165, 1.54) is 6.20 Å². The number of aromatic nitrogens is 1. The van der Waals surface area contributed by atoms with Crippen molar-refractivity contribution in [2.24, 2.45) is 5.92 Å². The number of hydrogen-bond acceptors (Lipinski definition) is 4. The molecule has 0 aliphatic carbocycles. The third-order valence-electron chi connectivity index (χ3n) is 3.08. The number of anilines is 1. The molecule has 2 atom stereocenters. The third-order valence-corrected chi connectivity index (χ3v) is 3.08. The van der Waals surface area contributed by atoms with Gasteiger partial charge < -0.3 is 15.2 Å². The number of nitrogens with zero attached hydrogens (tertiary/aromatic N) is 1. The van der Waals surface area contributed by atoms with E-state index < -0.39 is 5.97 Å². The number of carbonyl (C=O) groups is 1. The van der Waals surface area contributed by atoms with E-state index in [2.05, 4.69) is 17.2 Å². The highest BCUT2D eigenvalue weighted by atomic mass is 16.5. The number of ether oxygens (including phenoxy) is 1. The van der Waals surface area contributed by atoms with Crippen molar-refractivity contribution in [3.05, 3.63) is 24.0 Å². The van der Waals surface area contributed by atoms with Gasteiger partial charge in [-0.2, -0.15) is 0 Å². The van der Waals surface area contributed by atoms with Gasteiger partial charge in [0.25, 0.3) is 0 Å². The molecule has 1 aliphatic rings. The highest BCUT2D eigenvalue weighted by Gasteiger charge is 2.23. The van der Waals surface area contributed by atoms with Crippen LogP contribution >= 0.6 is 0 Å². The molecule has 92 valence electrons. The first kappa shape index (κ1) is 11.9. The van der Waals surface area contributed by atoms with Crippen molar-refractivity contribution in [1.82, 2.24) is 4.98 Å². The van der Waals surface area contributed by atoms with Gasteiger partial charge in [0.1, 0.15) is 5.69 Å². The third kappa shape index (κ3) is 2.94. The summed E-state index contributed by atoms with van der Waals surface area (Å²) in [7, 11) is 0. The lowest BCUT2D eigenvalue weighted by Gasteiger charge is -2.15. The second-order valence-corrected chi connectivity index (χ2v) is 4.24. The Bertz CT molecular complexity index is 408. The van der Waals surface area contributed by atoms with E-state index in [9.17, 15) is 4.79 Å². The molecule has 1 aromatic heterocycles. The van der Waals surface area contributed by atoms with E-state index in [0.717, 1.165) is 25.3 Å². The molecule has 0 aromatic carbocycles. The lowest BCUT2D eigenvalue weighted by molar-refractivity contribution is 0.0690. The quantitative estimate of drug-likeness (QED) is 0.831. The van der Waals surface area contributed by atoms with E-state index in [1.807, 2.05) is 0 Å². The maximum atomic E-state index is 10.8. The van der Waals surface area contributed by atoms with E-state index in [0.29, 0.717) is 5.92 Å². The van der Waals surface area contributed by atoms with Gasteiger partial charge in [0, 0.05) is 31.0 Å². The van der Waals surface area contributed by atoms with Crippen LogP contribution in [0.25, 0.3) is 0 Å². The Balaban J connectivity index is 1.94. The second kappa shape index (κ2) is 5.14. The maximum absolute atomic E-state index is 10.8. The fourth-order valence-corrected chi connectivity index (χ4v) is 1.95. The second-order valence-electron chi connectivity index (χ2n) is 4.24. The first-order valence-electron chi connectivity index (χ1n) is 5.71. The summed E-state index contributed by atoms with van der Waals surface area (Å²) in [4.78, 5) is 14.5. The Morgan fingerprint density at radius 2 is 2.53 bits per heavy atom. The molecule has 1 aromatic rings. The van der Waals surface area contributed by atoms with Crippen LogP contribution in [-0.4, -0.2) is 35.3 Å². The van der Waals surface area contributed by atoms with Crippen LogP contribution in [0.5, 0.6) is 0 Å². The van der Waals surface area contributed by atoms with Crippen molar-refractivity contribution in [3.63, 3.8) is 0 Å². The zero-order chi connectivity index (χ0) is 12.3. The largest absolute Gasteiger partial charge is 0.477 e. The van der Waals surface area contributed by atoms with Crippen molar-refractivity contribution in [1.29, 1.82) is 0 Å². The molecule has 0 spiro atoms. The summed E-state index contributed by atoms with van der Waals surface area (Å²) in [5.74, 6) is -0.525. The molecule has 2 heterocycles. The summed E-state index contributed by atoms with van der Waals surface area (Å²) in [5, 5.41) is 12.0. The highest BCUT2D eigenvalue weighted by Crippen LogP contribution is 2.21. The van der Waals surface area contributed by atoms with Crippen LogP contribution in [0.4, 0.5) is 5.69 Å². The first-order chi connectivity index (χ1) is 8.16. The van der Waals surface area contributed by atoms with Crippen LogP contribution in [0, 0.1) is 5.92 Å². The number of pyridine rings is 1. The topological polar surface area (TPSA) is 71.5 Å². The smallest absolute Gasteiger partial charge is 0.354 e. The number of nitrogens with one attached hydrogen (secondary N) is 1. The van der Waals surface area contributed by atoms with Gasteiger partial charge in [0.15, 0.2) is 0 Å². The molecule has 2 N–H and O–H groups in total. The van der Waals surface area contributed by atoms with Crippen molar-refractivity contribution in [2.75, 3.05) is 18.5 Å². The van der Waals surface area contributed by atoms with Crippen molar-refractivity contribution < 1.29 is 14.6 Å². The van der Waals surface area contributed by atoms with Gasteiger partial charge in [0.05, 0.1) is 6.10 Å². The minimum absolute atomic E-state index is 0.0609. The fourth-order valence-electron chi connectivity index (χ4n) is 1.95. The minimum atomic E-state index is -1.01. The number of hydrogen-bond donors (Lipinski definition) is 2. The average molecular weight is 236 g/mol. The zero-order valence-electron chi connectivity index (χ0n) is 9.72. The molecule has 0 amide bonds. The van der Waals surface area contributed by atoms with Gasteiger partial charge in [-0.05, 0) is 25.5 Å². The molecule has 5 heteroatoms. The molecule has 0 bridgehead atoms. The molecule has 0 radical (unpaired) electrons.